The van der Waals surface area contributed by atoms with Crippen molar-refractivity contribution in [2.24, 2.45) is 0 Å². The Balaban J connectivity index is 1.95. The van der Waals surface area contributed by atoms with E-state index >= 15 is 0 Å². The van der Waals surface area contributed by atoms with Gasteiger partial charge < -0.3 is 4.90 Å². The number of aryl methyl sites for hydroxylation is 1. The van der Waals surface area contributed by atoms with Crippen molar-refractivity contribution >= 4 is 11.8 Å². The zero-order valence-corrected chi connectivity index (χ0v) is 11.0. The van der Waals surface area contributed by atoms with Crippen molar-refractivity contribution < 1.29 is 4.79 Å². The van der Waals surface area contributed by atoms with Crippen LogP contribution in [0, 0.1) is 6.92 Å². The summed E-state index contributed by atoms with van der Waals surface area (Å²) in [5.74, 6) is 0.798. The van der Waals surface area contributed by atoms with Crippen molar-refractivity contribution in [2.45, 2.75) is 44.7 Å². The van der Waals surface area contributed by atoms with Crippen LogP contribution in [-0.2, 0) is 0 Å². The SMILES string of the molecule is Cc1ccc(N2C(=O)N(C)C3CCCCC32)nc1. The number of likely N-dealkylation sites (N-methyl/N-ethyl adjacent to an activating group) is 1. The molecule has 2 heterocycles. The second kappa shape index (κ2) is 4.26. The van der Waals surface area contributed by atoms with Crippen LogP contribution in [0.2, 0.25) is 0 Å². The number of urea groups is 1. The summed E-state index contributed by atoms with van der Waals surface area (Å²) in [6, 6.07) is 4.76. The predicted octanol–water partition coefficient (Wildman–Crippen LogP) is 2.57. The molecule has 2 atom stereocenters. The lowest BCUT2D eigenvalue weighted by Crippen LogP contribution is -2.39. The van der Waals surface area contributed by atoms with Gasteiger partial charge in [0.15, 0.2) is 0 Å². The first-order valence-electron chi connectivity index (χ1n) is 6.67. The van der Waals surface area contributed by atoms with Crippen LogP contribution in [0.5, 0.6) is 0 Å². The number of hydrogen-bond donors (Lipinski definition) is 0. The van der Waals surface area contributed by atoms with Gasteiger partial charge in [0.1, 0.15) is 5.82 Å². The van der Waals surface area contributed by atoms with Gasteiger partial charge in [-0.1, -0.05) is 18.9 Å². The summed E-state index contributed by atoms with van der Waals surface area (Å²) in [4.78, 5) is 20.6. The molecular weight excluding hydrogens is 226 g/mol. The number of amides is 2. The molecule has 2 aliphatic rings. The van der Waals surface area contributed by atoms with Crippen molar-refractivity contribution in [1.29, 1.82) is 0 Å². The number of fused-ring (bicyclic) bond motifs is 1. The lowest BCUT2D eigenvalue weighted by Gasteiger charge is -2.30. The number of hydrogen-bond acceptors (Lipinski definition) is 2. The largest absolute Gasteiger partial charge is 0.326 e. The quantitative estimate of drug-likeness (QED) is 0.762. The van der Waals surface area contributed by atoms with Crippen molar-refractivity contribution in [3.05, 3.63) is 23.9 Å². The molecule has 1 aliphatic heterocycles. The Kier molecular flexibility index (Phi) is 2.73. The first kappa shape index (κ1) is 11.5. The minimum absolute atomic E-state index is 0.100. The monoisotopic (exact) mass is 245 g/mol. The average molecular weight is 245 g/mol. The Labute approximate surface area is 108 Å². The molecule has 1 saturated carbocycles. The zero-order valence-electron chi connectivity index (χ0n) is 11.0. The standard InChI is InChI=1S/C14H19N3O/c1-10-7-8-13(15-9-10)17-12-6-4-3-5-11(12)16(2)14(17)18/h7-9,11-12H,3-6H2,1-2H3. The van der Waals surface area contributed by atoms with E-state index in [0.717, 1.165) is 24.2 Å². The summed E-state index contributed by atoms with van der Waals surface area (Å²) >= 11 is 0. The predicted molar refractivity (Wildman–Crippen MR) is 70.7 cm³/mol. The lowest BCUT2D eigenvalue weighted by atomic mass is 9.90. The van der Waals surface area contributed by atoms with Crippen molar-refractivity contribution in [2.75, 3.05) is 11.9 Å². The van der Waals surface area contributed by atoms with E-state index in [2.05, 4.69) is 4.98 Å². The highest BCUT2D eigenvalue weighted by atomic mass is 16.2. The Morgan fingerprint density at radius 2 is 1.94 bits per heavy atom. The molecule has 0 aromatic carbocycles. The molecule has 1 saturated heterocycles. The fourth-order valence-electron chi connectivity index (χ4n) is 3.17. The first-order chi connectivity index (χ1) is 8.68. The number of carbonyl (C=O) groups is 1. The molecule has 0 radical (unpaired) electrons. The van der Waals surface area contributed by atoms with E-state index in [1.807, 2.05) is 42.1 Å². The van der Waals surface area contributed by atoms with Crippen molar-refractivity contribution in [3.63, 3.8) is 0 Å². The van der Waals surface area contributed by atoms with Gasteiger partial charge in [-0.2, -0.15) is 0 Å². The second-order valence-electron chi connectivity index (χ2n) is 5.38. The molecule has 2 fully saturated rings. The summed E-state index contributed by atoms with van der Waals surface area (Å²) in [7, 11) is 1.92. The van der Waals surface area contributed by atoms with Gasteiger partial charge in [-0.05, 0) is 31.4 Å². The Bertz CT molecular complexity index is 457. The van der Waals surface area contributed by atoms with Gasteiger partial charge in [0.2, 0.25) is 0 Å². The number of anilines is 1. The van der Waals surface area contributed by atoms with Crippen LogP contribution >= 0.6 is 0 Å². The van der Waals surface area contributed by atoms with Crippen molar-refractivity contribution in [3.8, 4) is 0 Å². The highest BCUT2D eigenvalue weighted by Crippen LogP contribution is 2.35. The summed E-state index contributed by atoms with van der Waals surface area (Å²) < 4.78 is 0. The minimum Gasteiger partial charge on any atom is -0.322 e. The summed E-state index contributed by atoms with van der Waals surface area (Å²) in [6.45, 7) is 2.01. The molecule has 18 heavy (non-hydrogen) atoms. The maximum Gasteiger partial charge on any atom is 0.326 e. The molecule has 0 N–H and O–H groups in total. The van der Waals surface area contributed by atoms with Gasteiger partial charge in [0.05, 0.1) is 12.1 Å². The van der Waals surface area contributed by atoms with E-state index < -0.39 is 0 Å². The normalized spacial score (nSPS) is 27.6. The van der Waals surface area contributed by atoms with Crippen LogP contribution in [0.3, 0.4) is 0 Å². The number of rotatable bonds is 1. The third-order valence-electron chi connectivity index (χ3n) is 4.17. The molecule has 4 nitrogen and oxygen atoms in total. The van der Waals surface area contributed by atoms with Gasteiger partial charge >= 0.3 is 6.03 Å². The van der Waals surface area contributed by atoms with Crippen molar-refractivity contribution in [1.82, 2.24) is 9.88 Å². The number of pyridine rings is 1. The summed E-state index contributed by atoms with van der Waals surface area (Å²) in [5.41, 5.74) is 1.12. The fraction of sp³-hybridized carbons (Fsp3) is 0.571. The Hall–Kier alpha value is -1.58. The molecule has 2 amide bonds. The molecule has 0 spiro atoms. The van der Waals surface area contributed by atoms with Crippen LogP contribution in [-0.4, -0.2) is 35.0 Å². The van der Waals surface area contributed by atoms with Crippen LogP contribution in [0.25, 0.3) is 0 Å². The first-order valence-corrected chi connectivity index (χ1v) is 6.67. The summed E-state index contributed by atoms with van der Waals surface area (Å²) in [5, 5.41) is 0. The fourth-order valence-corrected chi connectivity index (χ4v) is 3.17. The van der Waals surface area contributed by atoms with E-state index in [-0.39, 0.29) is 6.03 Å². The number of nitrogens with zero attached hydrogens (tertiary/aromatic N) is 3. The molecule has 96 valence electrons. The van der Waals surface area contributed by atoms with Gasteiger partial charge in [0.25, 0.3) is 0 Å². The molecule has 1 aromatic rings. The van der Waals surface area contributed by atoms with Gasteiger partial charge in [-0.15, -0.1) is 0 Å². The van der Waals surface area contributed by atoms with Crippen LogP contribution in [0.15, 0.2) is 18.3 Å². The maximum atomic E-state index is 12.4. The van der Waals surface area contributed by atoms with Gasteiger partial charge in [0, 0.05) is 13.2 Å². The molecule has 4 heteroatoms. The van der Waals surface area contributed by atoms with E-state index in [1.165, 1.54) is 12.8 Å². The molecule has 2 unspecified atom stereocenters. The highest BCUT2D eigenvalue weighted by Gasteiger charge is 2.45. The highest BCUT2D eigenvalue weighted by molar-refractivity contribution is 5.94. The van der Waals surface area contributed by atoms with E-state index in [1.54, 1.807) is 0 Å². The molecule has 1 aromatic heterocycles. The number of carbonyl (C=O) groups excluding carboxylic acids is 1. The summed E-state index contributed by atoms with van der Waals surface area (Å²) in [6.07, 6.45) is 6.49. The Morgan fingerprint density at radius 1 is 1.22 bits per heavy atom. The van der Waals surface area contributed by atoms with E-state index in [9.17, 15) is 4.79 Å². The minimum atomic E-state index is 0.100. The molecule has 3 rings (SSSR count). The van der Waals surface area contributed by atoms with Crippen LogP contribution in [0.4, 0.5) is 10.6 Å². The van der Waals surface area contributed by atoms with Crippen LogP contribution in [0.1, 0.15) is 31.2 Å². The lowest BCUT2D eigenvalue weighted by molar-refractivity contribution is 0.208. The van der Waals surface area contributed by atoms with E-state index in [0.29, 0.717) is 12.1 Å². The van der Waals surface area contributed by atoms with Gasteiger partial charge in [-0.25, -0.2) is 9.78 Å². The molecule has 1 aliphatic carbocycles. The number of aromatic nitrogens is 1. The second-order valence-corrected chi connectivity index (χ2v) is 5.38. The third-order valence-corrected chi connectivity index (χ3v) is 4.17. The van der Waals surface area contributed by atoms with Gasteiger partial charge in [-0.3, -0.25) is 4.90 Å². The smallest absolute Gasteiger partial charge is 0.322 e. The average Bonchev–Trinajstić information content (AvgIpc) is 2.64. The van der Waals surface area contributed by atoms with Crippen LogP contribution < -0.4 is 4.90 Å². The zero-order chi connectivity index (χ0) is 12.7. The van der Waals surface area contributed by atoms with E-state index in [4.69, 9.17) is 0 Å². The third kappa shape index (κ3) is 1.67. The topological polar surface area (TPSA) is 36.4 Å². The molecule has 0 bridgehead atoms. The Morgan fingerprint density at radius 3 is 2.61 bits per heavy atom. The molecular formula is C14H19N3O. The maximum absolute atomic E-state index is 12.4.